The van der Waals surface area contributed by atoms with E-state index >= 15 is 0 Å². The van der Waals surface area contributed by atoms with Gasteiger partial charge >= 0.3 is 0 Å². The Balaban J connectivity index is 1.76. The van der Waals surface area contributed by atoms with Gasteiger partial charge in [-0.05, 0) is 12.8 Å². The molecule has 10 heavy (non-hydrogen) atoms. The van der Waals surface area contributed by atoms with E-state index in [0.29, 0.717) is 0 Å². The number of quaternary nitrogens is 1. The highest BCUT2D eigenvalue weighted by Gasteiger charge is 2.18. The van der Waals surface area contributed by atoms with Crippen LogP contribution in [0.1, 0.15) is 19.3 Å². The molecule has 2 nitrogen and oxygen atoms in total. The fourth-order valence-corrected chi connectivity index (χ4v) is 1.28. The lowest BCUT2D eigenvalue weighted by Crippen LogP contribution is -2.86. The van der Waals surface area contributed by atoms with Gasteiger partial charge in [0.05, 0.1) is 19.7 Å². The van der Waals surface area contributed by atoms with Crippen LogP contribution < -0.4 is 5.32 Å². The van der Waals surface area contributed by atoms with Crippen molar-refractivity contribution in [3.05, 3.63) is 0 Å². The first-order valence-corrected chi connectivity index (χ1v) is 4.24. The third-order valence-corrected chi connectivity index (χ3v) is 2.25. The average molecular weight is 144 g/mol. The van der Waals surface area contributed by atoms with Crippen LogP contribution in [0, 0.1) is 5.92 Å². The maximum atomic E-state index is 4.94. The lowest BCUT2D eigenvalue weighted by atomic mass is 9.85. The number of ether oxygens (including phenoxy) is 1. The molecule has 0 heterocycles. The monoisotopic (exact) mass is 144 g/mol. The molecule has 1 rings (SSSR count). The largest absolute Gasteiger partial charge is 0.379 e. The molecular formula is C8H18NO+. The Morgan fingerprint density at radius 2 is 2.30 bits per heavy atom. The van der Waals surface area contributed by atoms with Crippen molar-refractivity contribution in [2.75, 3.05) is 26.8 Å². The van der Waals surface area contributed by atoms with Crippen LogP contribution in [-0.2, 0) is 4.74 Å². The molecule has 0 unspecified atom stereocenters. The second kappa shape index (κ2) is 4.69. The molecule has 0 aromatic heterocycles. The maximum absolute atomic E-state index is 4.94. The minimum absolute atomic E-state index is 0.896. The van der Waals surface area contributed by atoms with E-state index in [9.17, 15) is 0 Å². The van der Waals surface area contributed by atoms with Crippen LogP contribution in [0.15, 0.2) is 0 Å². The molecule has 0 amide bonds. The van der Waals surface area contributed by atoms with Gasteiger partial charge in [-0.3, -0.25) is 0 Å². The van der Waals surface area contributed by atoms with Crippen molar-refractivity contribution in [2.45, 2.75) is 19.3 Å². The van der Waals surface area contributed by atoms with E-state index in [1.807, 2.05) is 0 Å². The van der Waals surface area contributed by atoms with Gasteiger partial charge < -0.3 is 10.1 Å². The first-order chi connectivity index (χ1) is 4.93. The maximum Gasteiger partial charge on any atom is 0.0993 e. The van der Waals surface area contributed by atoms with Gasteiger partial charge in [-0.1, -0.05) is 6.42 Å². The number of nitrogens with two attached hydrogens (primary N) is 1. The number of rotatable bonds is 5. The molecule has 0 bridgehead atoms. The van der Waals surface area contributed by atoms with Crippen LogP contribution in [0.5, 0.6) is 0 Å². The van der Waals surface area contributed by atoms with Gasteiger partial charge in [0, 0.05) is 13.0 Å². The van der Waals surface area contributed by atoms with E-state index < -0.39 is 0 Å². The molecular weight excluding hydrogens is 126 g/mol. The molecule has 0 spiro atoms. The number of hydrogen-bond donors (Lipinski definition) is 1. The average Bonchev–Trinajstić information content (AvgIpc) is 1.84. The summed E-state index contributed by atoms with van der Waals surface area (Å²) in [5.74, 6) is 1.02. The highest BCUT2D eigenvalue weighted by atomic mass is 16.5. The van der Waals surface area contributed by atoms with Gasteiger partial charge in [-0.2, -0.15) is 0 Å². The summed E-state index contributed by atoms with van der Waals surface area (Å²) in [5, 5.41) is 2.37. The third-order valence-electron chi connectivity index (χ3n) is 2.25. The molecule has 0 radical (unpaired) electrons. The Bertz CT molecular complexity index is 81.3. The standard InChI is InChI=1S/C8H17NO/c1-10-6-5-9-7-8-3-2-4-8/h8-9H,2-7H2,1H3/p+1. The molecule has 2 N–H and O–H groups in total. The lowest BCUT2D eigenvalue weighted by molar-refractivity contribution is -0.663. The van der Waals surface area contributed by atoms with Gasteiger partial charge in [0.25, 0.3) is 0 Å². The SMILES string of the molecule is COCC[NH2+]CC1CCC1. The molecule has 1 aliphatic rings. The zero-order valence-electron chi connectivity index (χ0n) is 6.81. The van der Waals surface area contributed by atoms with Crippen molar-refractivity contribution < 1.29 is 10.1 Å². The van der Waals surface area contributed by atoms with Crippen molar-refractivity contribution >= 4 is 0 Å². The summed E-state index contributed by atoms with van der Waals surface area (Å²) in [4.78, 5) is 0. The molecule has 0 atom stereocenters. The fourth-order valence-electron chi connectivity index (χ4n) is 1.28. The van der Waals surface area contributed by atoms with Gasteiger partial charge in [0.1, 0.15) is 0 Å². The van der Waals surface area contributed by atoms with E-state index in [0.717, 1.165) is 19.1 Å². The normalized spacial score (nSPS) is 18.9. The molecule has 60 valence electrons. The zero-order chi connectivity index (χ0) is 7.23. The van der Waals surface area contributed by atoms with Gasteiger partial charge in [-0.15, -0.1) is 0 Å². The first kappa shape index (κ1) is 8.02. The predicted octanol–water partition coefficient (Wildman–Crippen LogP) is -0.00370. The van der Waals surface area contributed by atoms with Crippen LogP contribution in [0.4, 0.5) is 0 Å². The van der Waals surface area contributed by atoms with E-state index in [1.54, 1.807) is 7.11 Å². The van der Waals surface area contributed by atoms with Crippen LogP contribution in [0.25, 0.3) is 0 Å². The number of hydrogen-bond acceptors (Lipinski definition) is 1. The quantitative estimate of drug-likeness (QED) is 0.540. The first-order valence-electron chi connectivity index (χ1n) is 4.24. The zero-order valence-corrected chi connectivity index (χ0v) is 6.81. The van der Waals surface area contributed by atoms with Crippen LogP contribution in [0.2, 0.25) is 0 Å². The van der Waals surface area contributed by atoms with Gasteiger partial charge in [0.2, 0.25) is 0 Å². The summed E-state index contributed by atoms with van der Waals surface area (Å²) in [6, 6.07) is 0. The summed E-state index contributed by atoms with van der Waals surface area (Å²) < 4.78 is 4.94. The Morgan fingerprint density at radius 1 is 1.50 bits per heavy atom. The van der Waals surface area contributed by atoms with Crippen LogP contribution >= 0.6 is 0 Å². The highest BCUT2D eigenvalue weighted by Crippen LogP contribution is 2.23. The topological polar surface area (TPSA) is 25.8 Å². The van der Waals surface area contributed by atoms with Crippen molar-refractivity contribution in [1.29, 1.82) is 0 Å². The Hall–Kier alpha value is -0.0800. The molecule has 1 saturated carbocycles. The number of methoxy groups -OCH3 is 1. The van der Waals surface area contributed by atoms with Crippen molar-refractivity contribution in [1.82, 2.24) is 0 Å². The summed E-state index contributed by atoms with van der Waals surface area (Å²) in [6.07, 6.45) is 4.38. The smallest absolute Gasteiger partial charge is 0.0993 e. The molecule has 0 aliphatic heterocycles. The molecule has 0 aromatic carbocycles. The Morgan fingerprint density at radius 3 is 2.80 bits per heavy atom. The lowest BCUT2D eigenvalue weighted by Gasteiger charge is -2.23. The third kappa shape index (κ3) is 2.67. The van der Waals surface area contributed by atoms with Crippen molar-refractivity contribution in [3.8, 4) is 0 Å². The minimum atomic E-state index is 0.896. The van der Waals surface area contributed by atoms with E-state index in [-0.39, 0.29) is 0 Å². The van der Waals surface area contributed by atoms with E-state index in [1.165, 1.54) is 25.8 Å². The summed E-state index contributed by atoms with van der Waals surface area (Å²) in [7, 11) is 1.76. The summed E-state index contributed by atoms with van der Waals surface area (Å²) in [5.41, 5.74) is 0. The van der Waals surface area contributed by atoms with Gasteiger partial charge in [-0.25, -0.2) is 0 Å². The van der Waals surface area contributed by atoms with E-state index in [2.05, 4.69) is 5.32 Å². The summed E-state index contributed by atoms with van der Waals surface area (Å²) in [6.45, 7) is 3.35. The minimum Gasteiger partial charge on any atom is -0.379 e. The van der Waals surface area contributed by atoms with E-state index in [4.69, 9.17) is 4.74 Å². The van der Waals surface area contributed by atoms with Crippen LogP contribution in [-0.4, -0.2) is 26.8 Å². The fraction of sp³-hybridized carbons (Fsp3) is 1.00. The highest BCUT2D eigenvalue weighted by molar-refractivity contribution is 4.66. The van der Waals surface area contributed by atoms with Crippen LogP contribution in [0.3, 0.4) is 0 Å². The second-order valence-electron chi connectivity index (χ2n) is 3.10. The Kier molecular flexibility index (Phi) is 3.76. The molecule has 1 aliphatic carbocycles. The molecule has 0 aromatic rings. The second-order valence-corrected chi connectivity index (χ2v) is 3.10. The molecule has 0 saturated heterocycles. The predicted molar refractivity (Wildman–Crippen MR) is 40.9 cm³/mol. The molecule has 1 fully saturated rings. The molecule has 2 heteroatoms. The Labute approximate surface area is 63.0 Å². The van der Waals surface area contributed by atoms with Gasteiger partial charge in [0.15, 0.2) is 0 Å². The summed E-state index contributed by atoms with van der Waals surface area (Å²) >= 11 is 0. The van der Waals surface area contributed by atoms with Crippen molar-refractivity contribution in [3.63, 3.8) is 0 Å². The van der Waals surface area contributed by atoms with Crippen molar-refractivity contribution in [2.24, 2.45) is 5.92 Å².